The maximum atomic E-state index is 13.5. The highest BCUT2D eigenvalue weighted by atomic mass is 16.5. The number of rotatable bonds is 5. The monoisotopic (exact) mass is 438 g/mol. The molecular weight excluding hydrogens is 408 g/mol. The van der Waals surface area contributed by atoms with Gasteiger partial charge in [0, 0.05) is 43.0 Å². The van der Waals surface area contributed by atoms with Crippen LogP contribution in [-0.2, 0) is 0 Å². The zero-order valence-electron chi connectivity index (χ0n) is 18.8. The highest BCUT2D eigenvalue weighted by Gasteiger charge is 2.54. The zero-order chi connectivity index (χ0) is 22.2. The summed E-state index contributed by atoms with van der Waals surface area (Å²) < 4.78 is 16.3. The number of fused-ring (bicyclic) bond motifs is 2. The third kappa shape index (κ3) is 3.43. The van der Waals surface area contributed by atoms with Crippen molar-refractivity contribution in [2.45, 2.75) is 30.8 Å². The van der Waals surface area contributed by atoms with Gasteiger partial charge in [-0.25, -0.2) is 4.79 Å². The lowest BCUT2D eigenvalue weighted by atomic mass is 9.75. The predicted molar refractivity (Wildman–Crippen MR) is 121 cm³/mol. The molecule has 32 heavy (non-hydrogen) atoms. The number of amides is 2. The van der Waals surface area contributed by atoms with Crippen molar-refractivity contribution in [3.8, 4) is 17.2 Å². The standard InChI is InChI=1S/C24H30N4O4/c1-30-19-11-17(12-20(31-2)23(19)32-3)26-24(29)28-14-18(16-5-4-8-25-13-16)22-21(28)15-6-9-27(22)10-7-15/h4-5,8,11-13,15,18,21-22H,6-7,9-10,14H2,1-3H3,(H,26,29). The molecule has 0 aliphatic carbocycles. The van der Waals surface area contributed by atoms with Crippen molar-refractivity contribution in [2.75, 3.05) is 46.3 Å². The summed E-state index contributed by atoms with van der Waals surface area (Å²) in [4.78, 5) is 22.5. The van der Waals surface area contributed by atoms with Crippen LogP contribution < -0.4 is 19.5 Å². The molecule has 3 atom stereocenters. The Labute approximate surface area is 188 Å². The van der Waals surface area contributed by atoms with E-state index in [-0.39, 0.29) is 18.0 Å². The van der Waals surface area contributed by atoms with E-state index in [9.17, 15) is 4.79 Å². The number of likely N-dealkylation sites (tertiary alicyclic amines) is 1. The molecule has 8 nitrogen and oxygen atoms in total. The molecule has 4 aliphatic rings. The van der Waals surface area contributed by atoms with Gasteiger partial charge in [-0.05, 0) is 43.5 Å². The fourth-order valence-electron chi connectivity index (χ4n) is 5.89. The Balaban J connectivity index is 1.43. The lowest BCUT2D eigenvalue weighted by molar-refractivity contribution is 0.00492. The Morgan fingerprint density at radius 1 is 1.06 bits per heavy atom. The highest BCUT2D eigenvalue weighted by Crippen LogP contribution is 2.47. The number of benzene rings is 1. The number of hydrogen-bond donors (Lipinski definition) is 1. The van der Waals surface area contributed by atoms with Crippen molar-refractivity contribution in [3.63, 3.8) is 0 Å². The van der Waals surface area contributed by atoms with Crippen LogP contribution in [0.2, 0.25) is 0 Å². The second-order valence-electron chi connectivity index (χ2n) is 8.74. The van der Waals surface area contributed by atoms with Gasteiger partial charge in [0.05, 0.1) is 33.1 Å². The minimum atomic E-state index is -0.0885. The predicted octanol–water partition coefficient (Wildman–Crippen LogP) is 3.20. The van der Waals surface area contributed by atoms with Crippen molar-refractivity contribution < 1.29 is 19.0 Å². The first-order chi connectivity index (χ1) is 15.6. The van der Waals surface area contributed by atoms with E-state index >= 15 is 0 Å². The summed E-state index contributed by atoms with van der Waals surface area (Å²) in [7, 11) is 4.70. The number of methoxy groups -OCH3 is 3. The first-order valence-electron chi connectivity index (χ1n) is 11.2. The quantitative estimate of drug-likeness (QED) is 0.773. The van der Waals surface area contributed by atoms with E-state index in [1.54, 1.807) is 39.7 Å². The van der Waals surface area contributed by atoms with Crippen LogP contribution in [-0.4, -0.2) is 73.9 Å². The number of pyridine rings is 1. The number of carbonyl (C=O) groups excluding carboxylic acids is 1. The zero-order valence-corrected chi connectivity index (χ0v) is 18.8. The van der Waals surface area contributed by atoms with Crippen LogP contribution in [0.4, 0.5) is 10.5 Å². The third-order valence-corrected chi connectivity index (χ3v) is 7.28. The maximum absolute atomic E-state index is 13.5. The minimum Gasteiger partial charge on any atom is -0.493 e. The minimum absolute atomic E-state index is 0.0885. The molecule has 2 amide bonds. The first kappa shape index (κ1) is 20.9. The van der Waals surface area contributed by atoms with Crippen LogP contribution in [0.15, 0.2) is 36.7 Å². The van der Waals surface area contributed by atoms with E-state index in [0.717, 1.165) is 25.9 Å². The van der Waals surface area contributed by atoms with Gasteiger partial charge in [0.2, 0.25) is 5.75 Å². The average molecular weight is 439 g/mol. The van der Waals surface area contributed by atoms with Crippen molar-refractivity contribution in [1.82, 2.24) is 14.8 Å². The van der Waals surface area contributed by atoms with Gasteiger partial charge < -0.3 is 24.4 Å². The topological polar surface area (TPSA) is 76.2 Å². The Kier molecular flexibility index (Phi) is 5.55. The molecule has 5 heterocycles. The Bertz CT molecular complexity index is 952. The molecule has 6 rings (SSSR count). The van der Waals surface area contributed by atoms with E-state index in [1.165, 1.54) is 5.56 Å². The number of piperidine rings is 3. The van der Waals surface area contributed by atoms with Gasteiger partial charge >= 0.3 is 6.03 Å². The molecule has 2 aromatic rings. The Morgan fingerprint density at radius 3 is 2.38 bits per heavy atom. The molecule has 0 spiro atoms. The highest BCUT2D eigenvalue weighted by molar-refractivity contribution is 5.91. The van der Waals surface area contributed by atoms with Gasteiger partial charge in [-0.3, -0.25) is 9.88 Å². The lowest BCUT2D eigenvalue weighted by Crippen LogP contribution is -2.61. The van der Waals surface area contributed by atoms with E-state index in [4.69, 9.17) is 14.2 Å². The number of anilines is 1. The van der Waals surface area contributed by atoms with Crippen molar-refractivity contribution in [1.29, 1.82) is 0 Å². The molecule has 1 aromatic carbocycles. The number of aromatic nitrogens is 1. The summed E-state index contributed by atoms with van der Waals surface area (Å²) in [6.45, 7) is 2.92. The lowest BCUT2D eigenvalue weighted by Gasteiger charge is -2.51. The van der Waals surface area contributed by atoms with E-state index in [1.807, 2.05) is 17.2 Å². The number of nitrogens with zero attached hydrogens (tertiary/aromatic N) is 3. The van der Waals surface area contributed by atoms with Gasteiger partial charge in [-0.15, -0.1) is 0 Å². The molecule has 8 heteroatoms. The number of ether oxygens (including phenoxy) is 3. The summed E-state index contributed by atoms with van der Waals surface area (Å²) in [5.41, 5.74) is 1.82. The third-order valence-electron chi connectivity index (χ3n) is 7.28. The number of urea groups is 1. The van der Waals surface area contributed by atoms with Gasteiger partial charge in [0.1, 0.15) is 0 Å². The molecule has 3 unspecified atom stereocenters. The molecule has 1 N–H and O–H groups in total. The van der Waals surface area contributed by atoms with Crippen molar-refractivity contribution in [2.24, 2.45) is 5.92 Å². The summed E-state index contributed by atoms with van der Waals surface area (Å²) in [5.74, 6) is 2.33. The molecule has 1 aromatic heterocycles. The summed E-state index contributed by atoms with van der Waals surface area (Å²) in [6.07, 6.45) is 6.05. The van der Waals surface area contributed by atoms with Gasteiger partial charge in [-0.2, -0.15) is 0 Å². The maximum Gasteiger partial charge on any atom is 0.322 e. The van der Waals surface area contributed by atoms with Crippen LogP contribution in [0.5, 0.6) is 17.2 Å². The van der Waals surface area contributed by atoms with Crippen molar-refractivity contribution in [3.05, 3.63) is 42.2 Å². The SMILES string of the molecule is COc1cc(NC(=O)N2CC(c3cccnc3)C3C2C2CCN3CC2)cc(OC)c1OC. The molecule has 0 saturated carbocycles. The molecule has 4 saturated heterocycles. The van der Waals surface area contributed by atoms with Gasteiger partial charge in [-0.1, -0.05) is 6.07 Å². The van der Waals surface area contributed by atoms with Crippen LogP contribution in [0.25, 0.3) is 0 Å². The Hall–Kier alpha value is -3.00. The largest absolute Gasteiger partial charge is 0.493 e. The summed E-state index contributed by atoms with van der Waals surface area (Å²) in [6, 6.07) is 8.12. The number of nitrogens with one attached hydrogen (secondary N) is 1. The normalized spacial score (nSPS) is 28.2. The average Bonchev–Trinajstić information content (AvgIpc) is 3.28. The number of hydrogen-bond acceptors (Lipinski definition) is 6. The first-order valence-corrected chi connectivity index (χ1v) is 11.2. The van der Waals surface area contributed by atoms with E-state index in [2.05, 4.69) is 21.3 Å². The second kappa shape index (κ2) is 8.50. The van der Waals surface area contributed by atoms with E-state index < -0.39 is 0 Å². The molecule has 4 fully saturated rings. The molecule has 4 aliphatic heterocycles. The smallest absolute Gasteiger partial charge is 0.322 e. The van der Waals surface area contributed by atoms with Crippen LogP contribution >= 0.6 is 0 Å². The molecular formula is C24H30N4O4. The van der Waals surface area contributed by atoms with E-state index in [0.29, 0.717) is 41.4 Å². The fourth-order valence-corrected chi connectivity index (χ4v) is 5.89. The summed E-state index contributed by atoms with van der Waals surface area (Å²) >= 11 is 0. The Morgan fingerprint density at radius 2 is 1.78 bits per heavy atom. The van der Waals surface area contributed by atoms with Crippen LogP contribution in [0, 0.1) is 5.92 Å². The van der Waals surface area contributed by atoms with Crippen LogP contribution in [0.3, 0.4) is 0 Å². The fraction of sp³-hybridized carbons (Fsp3) is 0.500. The van der Waals surface area contributed by atoms with Crippen LogP contribution in [0.1, 0.15) is 24.3 Å². The molecule has 2 bridgehead atoms. The van der Waals surface area contributed by atoms with Gasteiger partial charge in [0.15, 0.2) is 11.5 Å². The second-order valence-corrected chi connectivity index (χ2v) is 8.74. The van der Waals surface area contributed by atoms with Gasteiger partial charge in [0.25, 0.3) is 0 Å². The summed E-state index contributed by atoms with van der Waals surface area (Å²) in [5, 5.41) is 3.09. The molecule has 170 valence electrons. The number of carbonyl (C=O) groups is 1. The van der Waals surface area contributed by atoms with Crippen molar-refractivity contribution >= 4 is 11.7 Å². The molecule has 0 radical (unpaired) electrons.